The van der Waals surface area contributed by atoms with Crippen LogP contribution in [0.1, 0.15) is 104 Å². The van der Waals surface area contributed by atoms with Gasteiger partial charge in [0, 0.05) is 23.8 Å². The van der Waals surface area contributed by atoms with Crippen molar-refractivity contribution in [3.63, 3.8) is 0 Å². The minimum absolute atomic E-state index is 0.155. The van der Waals surface area contributed by atoms with Crippen molar-refractivity contribution < 1.29 is 9.18 Å². The fourth-order valence-electron chi connectivity index (χ4n) is 5.57. The first-order valence-corrected chi connectivity index (χ1v) is 15.2. The van der Waals surface area contributed by atoms with E-state index >= 15 is 4.39 Å². The molecule has 5 heteroatoms. The molecule has 1 aliphatic carbocycles. The van der Waals surface area contributed by atoms with E-state index in [0.29, 0.717) is 42.4 Å². The van der Waals surface area contributed by atoms with E-state index in [1.165, 1.54) is 16.7 Å². The molecule has 4 rings (SSSR count). The zero-order chi connectivity index (χ0) is 27.6. The van der Waals surface area contributed by atoms with Gasteiger partial charge in [-0.2, -0.15) is 0 Å². The SMILES string of the molecule is CCCCC(=O)Cc1ccc(CCCCc2ncnc(C(CCCc3c(C)cccc3Cl)C3CC3)c2F)cc1. The maximum absolute atomic E-state index is 15.6. The Labute approximate surface area is 238 Å². The summed E-state index contributed by atoms with van der Waals surface area (Å²) in [6.45, 7) is 4.21. The molecule has 1 unspecified atom stereocenters. The van der Waals surface area contributed by atoms with Crippen LogP contribution in [-0.4, -0.2) is 15.8 Å². The van der Waals surface area contributed by atoms with E-state index in [2.05, 4.69) is 54.1 Å². The number of unbranched alkanes of at least 4 members (excludes halogenated alkanes) is 2. The van der Waals surface area contributed by atoms with Crippen LogP contribution in [0.4, 0.5) is 4.39 Å². The third kappa shape index (κ3) is 8.70. The molecule has 0 N–H and O–H groups in total. The molecule has 1 fully saturated rings. The Morgan fingerprint density at radius 1 is 0.974 bits per heavy atom. The second-order valence-electron chi connectivity index (χ2n) is 11.2. The second-order valence-corrected chi connectivity index (χ2v) is 11.6. The molecule has 0 spiro atoms. The molecule has 3 nitrogen and oxygen atoms in total. The van der Waals surface area contributed by atoms with E-state index in [-0.39, 0.29) is 11.7 Å². The zero-order valence-corrected chi connectivity index (χ0v) is 24.3. The van der Waals surface area contributed by atoms with Gasteiger partial charge in [0.25, 0.3) is 0 Å². The minimum atomic E-state index is -0.194. The zero-order valence-electron chi connectivity index (χ0n) is 23.5. The number of rotatable bonds is 16. The molecule has 39 heavy (non-hydrogen) atoms. The third-order valence-electron chi connectivity index (χ3n) is 8.09. The number of carbonyl (C=O) groups excluding carboxylic acids is 1. The van der Waals surface area contributed by atoms with E-state index < -0.39 is 0 Å². The molecule has 0 aliphatic heterocycles. The molecule has 1 aliphatic rings. The van der Waals surface area contributed by atoms with Gasteiger partial charge in [0.05, 0.1) is 11.4 Å². The number of hydrogen-bond acceptors (Lipinski definition) is 3. The first kappa shape index (κ1) is 29.4. The number of carbonyl (C=O) groups is 1. The van der Waals surface area contributed by atoms with Crippen LogP contribution in [0, 0.1) is 18.7 Å². The highest BCUT2D eigenvalue weighted by Crippen LogP contribution is 2.45. The average Bonchev–Trinajstić information content (AvgIpc) is 3.77. The van der Waals surface area contributed by atoms with Crippen LogP contribution in [0.3, 0.4) is 0 Å². The number of benzene rings is 2. The van der Waals surface area contributed by atoms with Gasteiger partial charge in [-0.15, -0.1) is 0 Å². The molecule has 1 atom stereocenters. The van der Waals surface area contributed by atoms with Crippen molar-refractivity contribution in [3.8, 4) is 0 Å². The fourth-order valence-corrected chi connectivity index (χ4v) is 5.88. The molecular weight excluding hydrogens is 507 g/mol. The number of ketones is 1. The van der Waals surface area contributed by atoms with Crippen molar-refractivity contribution in [1.82, 2.24) is 9.97 Å². The van der Waals surface area contributed by atoms with E-state index in [1.807, 2.05) is 12.1 Å². The maximum atomic E-state index is 15.6. The topological polar surface area (TPSA) is 42.9 Å². The van der Waals surface area contributed by atoms with Crippen LogP contribution in [0.25, 0.3) is 0 Å². The Bertz CT molecular complexity index is 1200. The number of hydrogen-bond donors (Lipinski definition) is 0. The van der Waals surface area contributed by atoms with Crippen molar-refractivity contribution in [1.29, 1.82) is 0 Å². The van der Waals surface area contributed by atoms with Gasteiger partial charge in [-0.3, -0.25) is 4.79 Å². The molecule has 0 radical (unpaired) electrons. The Morgan fingerprint density at radius 2 is 1.72 bits per heavy atom. The van der Waals surface area contributed by atoms with E-state index in [4.69, 9.17) is 11.6 Å². The second kappa shape index (κ2) is 14.7. The molecule has 3 aromatic rings. The molecule has 1 aromatic heterocycles. The first-order valence-electron chi connectivity index (χ1n) is 14.8. The number of aromatic nitrogens is 2. The van der Waals surface area contributed by atoms with Crippen LogP contribution in [0.15, 0.2) is 48.8 Å². The quantitative estimate of drug-likeness (QED) is 0.168. The predicted molar refractivity (Wildman–Crippen MR) is 158 cm³/mol. The summed E-state index contributed by atoms with van der Waals surface area (Å²) in [7, 11) is 0. The predicted octanol–water partition coefficient (Wildman–Crippen LogP) is 8.96. The molecule has 0 saturated heterocycles. The smallest absolute Gasteiger partial charge is 0.166 e. The van der Waals surface area contributed by atoms with Crippen LogP contribution in [0.2, 0.25) is 5.02 Å². The van der Waals surface area contributed by atoms with Crippen molar-refractivity contribution >= 4 is 17.4 Å². The Balaban J connectivity index is 1.27. The van der Waals surface area contributed by atoms with Gasteiger partial charge in [-0.25, -0.2) is 14.4 Å². The number of aryl methyl sites for hydroxylation is 3. The lowest BCUT2D eigenvalue weighted by atomic mass is 9.90. The van der Waals surface area contributed by atoms with Gasteiger partial charge in [0.15, 0.2) is 5.82 Å². The van der Waals surface area contributed by atoms with Crippen molar-refractivity contribution in [3.05, 3.63) is 93.3 Å². The molecular formula is C34H42ClFN2O. The van der Waals surface area contributed by atoms with E-state index in [0.717, 1.165) is 74.8 Å². The van der Waals surface area contributed by atoms with Gasteiger partial charge in [0.2, 0.25) is 0 Å². The average molecular weight is 549 g/mol. The highest BCUT2D eigenvalue weighted by molar-refractivity contribution is 6.31. The van der Waals surface area contributed by atoms with Crippen molar-refractivity contribution in [2.24, 2.45) is 5.92 Å². The molecule has 2 aromatic carbocycles. The van der Waals surface area contributed by atoms with Gasteiger partial charge in [-0.05, 0) is 105 Å². The summed E-state index contributed by atoms with van der Waals surface area (Å²) in [5, 5.41) is 0.821. The number of nitrogens with zero attached hydrogens (tertiary/aromatic N) is 2. The monoisotopic (exact) mass is 548 g/mol. The van der Waals surface area contributed by atoms with Crippen molar-refractivity contribution in [2.45, 2.75) is 103 Å². The van der Waals surface area contributed by atoms with Crippen LogP contribution in [0.5, 0.6) is 0 Å². The summed E-state index contributed by atoms with van der Waals surface area (Å²) in [4.78, 5) is 20.8. The number of Topliss-reactive ketones (excluding diaryl/α,β-unsaturated/α-hetero) is 1. The molecule has 0 amide bonds. The van der Waals surface area contributed by atoms with Crippen LogP contribution >= 0.6 is 11.6 Å². The lowest BCUT2D eigenvalue weighted by Gasteiger charge is -2.18. The van der Waals surface area contributed by atoms with Crippen LogP contribution in [-0.2, 0) is 30.5 Å². The largest absolute Gasteiger partial charge is 0.299 e. The summed E-state index contributed by atoms with van der Waals surface area (Å²) in [6.07, 6.45) is 13.3. The highest BCUT2D eigenvalue weighted by Gasteiger charge is 2.35. The Hall–Kier alpha value is -2.59. The summed E-state index contributed by atoms with van der Waals surface area (Å²) < 4.78 is 15.6. The molecule has 1 heterocycles. The van der Waals surface area contributed by atoms with Gasteiger partial charge >= 0.3 is 0 Å². The third-order valence-corrected chi connectivity index (χ3v) is 8.44. The fraction of sp³-hybridized carbons (Fsp3) is 0.500. The molecule has 1 saturated carbocycles. The lowest BCUT2D eigenvalue weighted by molar-refractivity contribution is -0.118. The summed E-state index contributed by atoms with van der Waals surface area (Å²) in [6, 6.07) is 14.4. The first-order chi connectivity index (χ1) is 19.0. The van der Waals surface area contributed by atoms with Crippen molar-refractivity contribution in [2.75, 3.05) is 0 Å². The maximum Gasteiger partial charge on any atom is 0.166 e. The highest BCUT2D eigenvalue weighted by atomic mass is 35.5. The minimum Gasteiger partial charge on any atom is -0.299 e. The molecule has 0 bridgehead atoms. The number of halogens is 2. The van der Waals surface area contributed by atoms with E-state index in [1.54, 1.807) is 6.33 Å². The lowest BCUT2D eigenvalue weighted by Crippen LogP contribution is -2.11. The Morgan fingerprint density at radius 3 is 2.44 bits per heavy atom. The standard InChI is InChI=1S/C34H42ClFN2O/c1-3-4-11-28(39)22-26-18-16-25(17-19-26)10-5-6-15-32-33(36)34(38-23-37-32)30(27-20-21-27)13-8-12-29-24(2)9-7-14-31(29)35/h7,9,14,16-19,23,27,30H,3-6,8,10-13,15,20-22H2,1-2H3. The van der Waals surface area contributed by atoms with Gasteiger partial charge in [0.1, 0.15) is 12.1 Å². The summed E-state index contributed by atoms with van der Waals surface area (Å²) in [5.74, 6) is 0.803. The summed E-state index contributed by atoms with van der Waals surface area (Å²) in [5.41, 5.74) is 5.92. The normalized spacial score (nSPS) is 13.9. The van der Waals surface area contributed by atoms with E-state index in [9.17, 15) is 4.79 Å². The van der Waals surface area contributed by atoms with Crippen LogP contribution < -0.4 is 0 Å². The van der Waals surface area contributed by atoms with Gasteiger partial charge in [-0.1, -0.05) is 61.3 Å². The molecule has 208 valence electrons. The van der Waals surface area contributed by atoms with Gasteiger partial charge < -0.3 is 0 Å². The Kier molecular flexibility index (Phi) is 11.1. The summed E-state index contributed by atoms with van der Waals surface area (Å²) >= 11 is 6.43.